The van der Waals surface area contributed by atoms with E-state index in [1.807, 2.05) is 6.92 Å². The lowest BCUT2D eigenvalue weighted by Crippen LogP contribution is -2.43. The summed E-state index contributed by atoms with van der Waals surface area (Å²) in [5.41, 5.74) is 0. The first-order valence-electron chi connectivity index (χ1n) is 5.77. The van der Waals surface area contributed by atoms with Gasteiger partial charge in [-0.15, -0.1) is 0 Å². The second-order valence-corrected chi connectivity index (χ2v) is 4.61. The molecule has 0 radical (unpaired) electrons. The minimum absolute atomic E-state index is 0.00974. The molecule has 1 fully saturated rings. The molecular formula is C11H18F3NO2. The monoisotopic (exact) mass is 253 g/mol. The lowest BCUT2D eigenvalue weighted by molar-refractivity contribution is -0.162. The number of ether oxygens (including phenoxy) is 1. The van der Waals surface area contributed by atoms with E-state index < -0.39 is 18.9 Å². The molecule has 0 heterocycles. The van der Waals surface area contributed by atoms with E-state index in [-0.39, 0.29) is 6.04 Å². The van der Waals surface area contributed by atoms with Crippen LogP contribution in [0.5, 0.6) is 0 Å². The van der Waals surface area contributed by atoms with E-state index in [9.17, 15) is 18.0 Å². The molecule has 0 N–H and O–H groups in total. The molecule has 3 nitrogen and oxygen atoms in total. The van der Waals surface area contributed by atoms with E-state index in [1.54, 1.807) is 0 Å². The predicted molar refractivity (Wildman–Crippen MR) is 56.6 cm³/mol. The summed E-state index contributed by atoms with van der Waals surface area (Å²) in [4.78, 5) is 12.7. The second kappa shape index (κ2) is 5.60. The molecule has 17 heavy (non-hydrogen) atoms. The van der Waals surface area contributed by atoms with Crippen LogP contribution in [-0.4, -0.2) is 36.9 Å². The molecule has 1 rings (SSSR count). The number of hydrogen-bond donors (Lipinski definition) is 0. The third-order valence-electron chi connectivity index (χ3n) is 3.21. The van der Waals surface area contributed by atoms with Crippen molar-refractivity contribution in [2.24, 2.45) is 5.92 Å². The van der Waals surface area contributed by atoms with Crippen LogP contribution in [0, 0.1) is 5.92 Å². The number of rotatable bonds is 2. The van der Waals surface area contributed by atoms with Crippen molar-refractivity contribution in [2.75, 3.05) is 13.7 Å². The van der Waals surface area contributed by atoms with Crippen molar-refractivity contribution in [2.45, 2.75) is 44.8 Å². The largest absolute Gasteiger partial charge is 0.440 e. The highest BCUT2D eigenvalue weighted by atomic mass is 19.4. The van der Waals surface area contributed by atoms with E-state index in [2.05, 4.69) is 4.74 Å². The van der Waals surface area contributed by atoms with Crippen molar-refractivity contribution >= 4 is 6.09 Å². The van der Waals surface area contributed by atoms with Crippen LogP contribution in [0.3, 0.4) is 0 Å². The number of nitrogens with zero attached hydrogens (tertiary/aromatic N) is 1. The number of halogens is 3. The van der Waals surface area contributed by atoms with Crippen molar-refractivity contribution in [3.63, 3.8) is 0 Å². The van der Waals surface area contributed by atoms with Crippen LogP contribution >= 0.6 is 0 Å². The highest BCUT2D eigenvalue weighted by Crippen LogP contribution is 2.27. The Bertz CT molecular complexity index is 268. The Hall–Kier alpha value is -0.940. The van der Waals surface area contributed by atoms with Gasteiger partial charge < -0.3 is 9.64 Å². The van der Waals surface area contributed by atoms with Gasteiger partial charge in [0.15, 0.2) is 6.61 Å². The first-order chi connectivity index (χ1) is 7.81. The van der Waals surface area contributed by atoms with Gasteiger partial charge in [-0.25, -0.2) is 4.79 Å². The van der Waals surface area contributed by atoms with E-state index in [4.69, 9.17) is 0 Å². The second-order valence-electron chi connectivity index (χ2n) is 4.61. The average Bonchev–Trinajstić information content (AvgIpc) is 2.24. The Morgan fingerprint density at radius 2 is 1.94 bits per heavy atom. The molecule has 0 aliphatic heterocycles. The Kier molecular flexibility index (Phi) is 4.65. The molecule has 0 saturated heterocycles. The summed E-state index contributed by atoms with van der Waals surface area (Å²) in [6.07, 6.45) is -1.40. The molecular weight excluding hydrogens is 235 g/mol. The SMILES string of the molecule is CC1CCCCC1N(C)C(=O)OCC(F)(F)F. The fraction of sp³-hybridized carbons (Fsp3) is 0.909. The van der Waals surface area contributed by atoms with Crippen LogP contribution in [0.4, 0.5) is 18.0 Å². The molecule has 100 valence electrons. The predicted octanol–water partition coefficient (Wildman–Crippen LogP) is 3.20. The lowest BCUT2D eigenvalue weighted by atomic mass is 9.85. The minimum Gasteiger partial charge on any atom is -0.440 e. The molecule has 0 spiro atoms. The quantitative estimate of drug-likeness (QED) is 0.756. The fourth-order valence-electron chi connectivity index (χ4n) is 2.25. The molecule has 1 aliphatic carbocycles. The van der Waals surface area contributed by atoms with Crippen LogP contribution in [-0.2, 0) is 4.74 Å². The van der Waals surface area contributed by atoms with Gasteiger partial charge in [0.05, 0.1) is 0 Å². The highest BCUT2D eigenvalue weighted by molar-refractivity contribution is 5.67. The number of carbonyl (C=O) groups is 1. The normalized spacial score (nSPS) is 25.5. The number of amides is 1. The maximum Gasteiger partial charge on any atom is 0.422 e. The van der Waals surface area contributed by atoms with E-state index in [0.717, 1.165) is 25.7 Å². The van der Waals surface area contributed by atoms with Gasteiger partial charge in [0.25, 0.3) is 0 Å². The maximum absolute atomic E-state index is 11.9. The summed E-state index contributed by atoms with van der Waals surface area (Å²) in [5, 5.41) is 0. The Labute approximate surface area is 98.9 Å². The lowest BCUT2D eigenvalue weighted by Gasteiger charge is -2.35. The molecule has 1 aliphatic rings. The summed E-state index contributed by atoms with van der Waals surface area (Å²) in [5.74, 6) is 0.312. The van der Waals surface area contributed by atoms with Crippen LogP contribution in [0.15, 0.2) is 0 Å². The van der Waals surface area contributed by atoms with Gasteiger partial charge in [-0.3, -0.25) is 0 Å². The van der Waals surface area contributed by atoms with E-state index in [0.29, 0.717) is 5.92 Å². The first kappa shape index (κ1) is 14.1. The van der Waals surface area contributed by atoms with Crippen LogP contribution in [0.1, 0.15) is 32.6 Å². The van der Waals surface area contributed by atoms with Gasteiger partial charge in [0.1, 0.15) is 0 Å². The fourth-order valence-corrected chi connectivity index (χ4v) is 2.25. The molecule has 1 amide bonds. The van der Waals surface area contributed by atoms with Gasteiger partial charge in [0.2, 0.25) is 0 Å². The van der Waals surface area contributed by atoms with Gasteiger partial charge in [0, 0.05) is 13.1 Å². The number of alkyl halides is 3. The van der Waals surface area contributed by atoms with E-state index in [1.165, 1.54) is 11.9 Å². The highest BCUT2D eigenvalue weighted by Gasteiger charge is 2.33. The van der Waals surface area contributed by atoms with Gasteiger partial charge >= 0.3 is 12.3 Å². The minimum atomic E-state index is -4.46. The van der Waals surface area contributed by atoms with Crippen molar-refractivity contribution in [3.05, 3.63) is 0 Å². The van der Waals surface area contributed by atoms with Gasteiger partial charge in [-0.2, -0.15) is 13.2 Å². The van der Waals surface area contributed by atoms with Crippen molar-refractivity contribution in [1.29, 1.82) is 0 Å². The number of carbonyl (C=O) groups excluding carboxylic acids is 1. The van der Waals surface area contributed by atoms with Gasteiger partial charge in [-0.05, 0) is 18.8 Å². The van der Waals surface area contributed by atoms with Crippen molar-refractivity contribution in [1.82, 2.24) is 4.90 Å². The third kappa shape index (κ3) is 4.44. The molecule has 1 saturated carbocycles. The number of hydrogen-bond acceptors (Lipinski definition) is 2. The zero-order valence-corrected chi connectivity index (χ0v) is 10.1. The molecule has 0 aromatic carbocycles. The zero-order chi connectivity index (χ0) is 13.1. The third-order valence-corrected chi connectivity index (χ3v) is 3.21. The summed E-state index contributed by atoms with van der Waals surface area (Å²) in [7, 11) is 1.51. The van der Waals surface area contributed by atoms with Crippen molar-refractivity contribution < 1.29 is 22.7 Å². The van der Waals surface area contributed by atoms with Gasteiger partial charge in [-0.1, -0.05) is 19.8 Å². The topological polar surface area (TPSA) is 29.5 Å². The average molecular weight is 253 g/mol. The smallest absolute Gasteiger partial charge is 0.422 e. The molecule has 2 atom stereocenters. The van der Waals surface area contributed by atoms with E-state index >= 15 is 0 Å². The molecule has 6 heteroatoms. The van der Waals surface area contributed by atoms with Crippen molar-refractivity contribution in [3.8, 4) is 0 Å². The maximum atomic E-state index is 11.9. The standard InChI is InChI=1S/C11H18F3NO2/c1-8-5-3-4-6-9(8)15(2)10(16)17-7-11(12,13)14/h8-9H,3-7H2,1-2H3. The molecule has 0 aromatic heterocycles. The molecule has 2 unspecified atom stereocenters. The summed E-state index contributed by atoms with van der Waals surface area (Å²) in [6, 6.07) is -0.00974. The summed E-state index contributed by atoms with van der Waals surface area (Å²) in [6.45, 7) is 0.495. The molecule has 0 aromatic rings. The van der Waals surface area contributed by atoms with Crippen LogP contribution in [0.25, 0.3) is 0 Å². The Balaban J connectivity index is 2.45. The summed E-state index contributed by atoms with van der Waals surface area (Å²) >= 11 is 0. The molecule has 0 bridgehead atoms. The van der Waals surface area contributed by atoms with Crippen LogP contribution in [0.2, 0.25) is 0 Å². The zero-order valence-electron chi connectivity index (χ0n) is 10.1. The first-order valence-corrected chi connectivity index (χ1v) is 5.77. The Morgan fingerprint density at radius 3 is 2.47 bits per heavy atom. The Morgan fingerprint density at radius 1 is 1.35 bits per heavy atom. The summed E-state index contributed by atoms with van der Waals surface area (Å²) < 4.78 is 39.9. The van der Waals surface area contributed by atoms with Crippen LogP contribution < -0.4 is 0 Å².